The Balaban J connectivity index is 2.03. The highest BCUT2D eigenvalue weighted by Gasteiger charge is 2.22. The van der Waals surface area contributed by atoms with Crippen molar-refractivity contribution in [2.45, 2.75) is 25.5 Å². The number of aryl methyl sites for hydroxylation is 1. The fourth-order valence-corrected chi connectivity index (χ4v) is 2.22. The van der Waals surface area contributed by atoms with Gasteiger partial charge in [-0.25, -0.2) is 4.68 Å². The number of hydrogen-bond acceptors (Lipinski definition) is 6. The number of carbonyl (C=O) groups excluding carboxylic acids is 1. The highest BCUT2D eigenvalue weighted by Crippen LogP contribution is 2.19. The van der Waals surface area contributed by atoms with Crippen LogP contribution in [0.25, 0.3) is 0 Å². The van der Waals surface area contributed by atoms with Crippen molar-refractivity contribution in [3.63, 3.8) is 0 Å². The zero-order valence-corrected chi connectivity index (χ0v) is 11.7. The first-order valence-electron chi connectivity index (χ1n) is 6.55. The number of nitrogens with zero attached hydrogens (tertiary/aromatic N) is 3. The number of methoxy groups -OCH3 is 2. The largest absolute Gasteiger partial charge is 0.469 e. The Bertz CT molecular complexity index is 529. The number of rotatable bonds is 5. The van der Waals surface area contributed by atoms with E-state index < -0.39 is 0 Å². The monoisotopic (exact) mass is 281 g/mol. The lowest BCUT2D eigenvalue weighted by atomic mass is 10.3. The summed E-state index contributed by atoms with van der Waals surface area (Å²) in [6, 6.07) is 1.54. The van der Waals surface area contributed by atoms with E-state index in [0.717, 1.165) is 25.2 Å². The molecule has 0 amide bonds. The van der Waals surface area contributed by atoms with Crippen molar-refractivity contribution >= 4 is 11.7 Å². The number of hydrogen-bond donors (Lipinski definition) is 0. The second-order valence-corrected chi connectivity index (χ2v) is 4.69. The van der Waals surface area contributed by atoms with Crippen molar-refractivity contribution in [3.8, 4) is 0 Å². The molecular formula is C13H19N3O4. The normalized spacial score (nSPS) is 18.3. The third kappa shape index (κ3) is 3.36. The molecular weight excluding hydrogens is 262 g/mol. The molecule has 0 bridgehead atoms. The van der Waals surface area contributed by atoms with Gasteiger partial charge in [-0.2, -0.15) is 5.10 Å². The lowest BCUT2D eigenvalue weighted by molar-refractivity contribution is -0.140. The average molecular weight is 281 g/mol. The molecule has 2 heterocycles. The zero-order chi connectivity index (χ0) is 14.5. The molecule has 0 spiro atoms. The molecule has 7 heteroatoms. The maximum atomic E-state index is 11.9. The van der Waals surface area contributed by atoms with Crippen LogP contribution in [0.3, 0.4) is 0 Å². The number of anilines is 1. The second-order valence-electron chi connectivity index (χ2n) is 4.69. The topological polar surface area (TPSA) is 73.7 Å². The summed E-state index contributed by atoms with van der Waals surface area (Å²) in [6.45, 7) is 1.85. The van der Waals surface area contributed by atoms with Gasteiger partial charge >= 0.3 is 5.97 Å². The molecule has 1 saturated heterocycles. The fraction of sp³-hybridized carbons (Fsp3) is 0.615. The van der Waals surface area contributed by atoms with Crippen LogP contribution in [0.15, 0.2) is 17.1 Å². The molecule has 0 saturated carbocycles. The van der Waals surface area contributed by atoms with E-state index in [2.05, 4.69) is 14.7 Å². The van der Waals surface area contributed by atoms with Gasteiger partial charge in [0.2, 0.25) is 0 Å². The third-order valence-electron chi connectivity index (χ3n) is 3.45. The molecule has 1 atom stereocenters. The van der Waals surface area contributed by atoms with Gasteiger partial charge in [0, 0.05) is 26.3 Å². The first-order chi connectivity index (χ1) is 9.63. The predicted octanol–water partition coefficient (Wildman–Crippen LogP) is 0.0315. The van der Waals surface area contributed by atoms with E-state index in [1.165, 1.54) is 11.8 Å². The smallest absolute Gasteiger partial charge is 0.307 e. The molecule has 110 valence electrons. The van der Waals surface area contributed by atoms with Gasteiger partial charge in [-0.05, 0) is 6.42 Å². The molecule has 20 heavy (non-hydrogen) atoms. The Hall–Kier alpha value is -1.89. The number of aromatic nitrogens is 2. The summed E-state index contributed by atoms with van der Waals surface area (Å²) in [4.78, 5) is 25.1. The summed E-state index contributed by atoms with van der Waals surface area (Å²) in [5.74, 6) is -0.356. The van der Waals surface area contributed by atoms with E-state index in [0.29, 0.717) is 0 Å². The number of carbonyl (C=O) groups is 1. The van der Waals surface area contributed by atoms with Crippen molar-refractivity contribution in [1.82, 2.24) is 9.78 Å². The Labute approximate surface area is 117 Å². The molecule has 1 aromatic heterocycles. The van der Waals surface area contributed by atoms with Crippen LogP contribution in [0.1, 0.15) is 12.8 Å². The highest BCUT2D eigenvalue weighted by atomic mass is 16.5. The minimum absolute atomic E-state index is 0.137. The minimum Gasteiger partial charge on any atom is -0.469 e. The summed E-state index contributed by atoms with van der Waals surface area (Å²) < 4.78 is 11.1. The molecule has 7 nitrogen and oxygen atoms in total. The molecule has 1 aromatic rings. The molecule has 0 aromatic carbocycles. The van der Waals surface area contributed by atoms with Gasteiger partial charge < -0.3 is 14.4 Å². The van der Waals surface area contributed by atoms with E-state index in [-0.39, 0.29) is 30.6 Å². The average Bonchev–Trinajstić information content (AvgIpc) is 2.94. The summed E-state index contributed by atoms with van der Waals surface area (Å²) in [7, 11) is 3.01. The maximum absolute atomic E-state index is 11.9. The lowest BCUT2D eigenvalue weighted by Gasteiger charge is -2.17. The van der Waals surface area contributed by atoms with E-state index in [9.17, 15) is 9.59 Å². The molecule has 1 aliphatic heterocycles. The first kappa shape index (κ1) is 14.5. The van der Waals surface area contributed by atoms with Gasteiger partial charge in [0.15, 0.2) is 0 Å². The van der Waals surface area contributed by atoms with Crippen LogP contribution in [0.4, 0.5) is 5.69 Å². The quantitative estimate of drug-likeness (QED) is 0.709. The molecule has 0 radical (unpaired) electrons. The second kappa shape index (κ2) is 6.51. The van der Waals surface area contributed by atoms with Gasteiger partial charge in [-0.1, -0.05) is 0 Å². The Morgan fingerprint density at radius 2 is 2.30 bits per heavy atom. The van der Waals surface area contributed by atoms with Crippen LogP contribution in [0.5, 0.6) is 0 Å². The van der Waals surface area contributed by atoms with Crippen LogP contribution in [-0.4, -0.2) is 49.2 Å². The first-order valence-corrected chi connectivity index (χ1v) is 6.55. The van der Waals surface area contributed by atoms with Crippen molar-refractivity contribution in [3.05, 3.63) is 22.6 Å². The predicted molar refractivity (Wildman–Crippen MR) is 72.8 cm³/mol. The van der Waals surface area contributed by atoms with Crippen LogP contribution >= 0.6 is 0 Å². The molecule has 1 unspecified atom stereocenters. The standard InChI is InChI=1S/C13H19N3O4/c1-19-11-3-5-15(9-11)10-7-12(17)16(14-8-10)6-4-13(18)20-2/h7-8,11H,3-6,9H2,1-2H3. The summed E-state index contributed by atoms with van der Waals surface area (Å²) in [5.41, 5.74) is 0.580. The Morgan fingerprint density at radius 1 is 1.50 bits per heavy atom. The minimum atomic E-state index is -0.356. The van der Waals surface area contributed by atoms with Gasteiger partial charge in [0.1, 0.15) is 0 Å². The molecule has 1 fully saturated rings. The van der Waals surface area contributed by atoms with Crippen molar-refractivity contribution in [2.24, 2.45) is 0 Å². The van der Waals surface area contributed by atoms with E-state index in [4.69, 9.17) is 4.74 Å². The third-order valence-corrected chi connectivity index (χ3v) is 3.45. The zero-order valence-electron chi connectivity index (χ0n) is 11.7. The van der Waals surface area contributed by atoms with Gasteiger partial charge in [-0.3, -0.25) is 9.59 Å². The number of esters is 1. The maximum Gasteiger partial charge on any atom is 0.307 e. The van der Waals surface area contributed by atoms with E-state index in [1.807, 2.05) is 0 Å². The highest BCUT2D eigenvalue weighted by molar-refractivity contribution is 5.68. The van der Waals surface area contributed by atoms with Crippen molar-refractivity contribution < 1.29 is 14.3 Å². The molecule has 2 rings (SSSR count). The molecule has 1 aliphatic rings. The SMILES string of the molecule is COC(=O)CCn1ncc(N2CCC(OC)C2)cc1=O. The van der Waals surface area contributed by atoms with E-state index >= 15 is 0 Å². The van der Waals surface area contributed by atoms with Crippen molar-refractivity contribution in [2.75, 3.05) is 32.2 Å². The van der Waals surface area contributed by atoms with Gasteiger partial charge in [0.25, 0.3) is 5.56 Å². The fourth-order valence-electron chi connectivity index (χ4n) is 2.22. The number of ether oxygens (including phenoxy) is 2. The van der Waals surface area contributed by atoms with Crippen molar-refractivity contribution in [1.29, 1.82) is 0 Å². The van der Waals surface area contributed by atoms with Crippen LogP contribution in [-0.2, 0) is 20.8 Å². The lowest BCUT2D eigenvalue weighted by Crippen LogP contribution is -2.28. The summed E-state index contributed by atoms with van der Waals surface area (Å²) in [5, 5.41) is 4.09. The summed E-state index contributed by atoms with van der Waals surface area (Å²) in [6.07, 6.45) is 2.94. The Kier molecular flexibility index (Phi) is 4.73. The van der Waals surface area contributed by atoms with Crippen LogP contribution in [0, 0.1) is 0 Å². The van der Waals surface area contributed by atoms with Crippen LogP contribution < -0.4 is 10.5 Å². The summed E-state index contributed by atoms with van der Waals surface area (Å²) >= 11 is 0. The molecule has 0 aliphatic carbocycles. The van der Waals surface area contributed by atoms with Crippen LogP contribution in [0.2, 0.25) is 0 Å². The van der Waals surface area contributed by atoms with E-state index in [1.54, 1.807) is 19.4 Å². The van der Waals surface area contributed by atoms with Gasteiger partial charge in [-0.15, -0.1) is 0 Å². The van der Waals surface area contributed by atoms with Gasteiger partial charge in [0.05, 0.1) is 38.1 Å². The Morgan fingerprint density at radius 3 is 2.90 bits per heavy atom. The molecule has 0 N–H and O–H groups in total.